The maximum Gasteiger partial charge on any atom is 0.0102 e. The van der Waals surface area contributed by atoms with E-state index in [1.54, 1.807) is 0 Å². The Kier molecular flexibility index (Phi) is 7.32. The standard InChI is InChI=1S/C15H30S2/c1-12(10-13(16)15(5,6)7)8-9-17-11-14(2,3)4/h13,16H,1,8-11H2,2-7H3. The summed E-state index contributed by atoms with van der Waals surface area (Å²) in [4.78, 5) is 0. The van der Waals surface area contributed by atoms with Crippen LogP contribution in [0.3, 0.4) is 0 Å². The fraction of sp³-hybridized carbons (Fsp3) is 0.867. The van der Waals surface area contributed by atoms with E-state index in [2.05, 4.69) is 60.8 Å². The maximum atomic E-state index is 4.67. The summed E-state index contributed by atoms with van der Waals surface area (Å²) in [6.45, 7) is 17.8. The Hall–Kier alpha value is 0.440. The van der Waals surface area contributed by atoms with Gasteiger partial charge in [-0.15, -0.1) is 0 Å². The van der Waals surface area contributed by atoms with Crippen LogP contribution in [0.15, 0.2) is 12.2 Å². The van der Waals surface area contributed by atoms with Crippen LogP contribution in [-0.2, 0) is 0 Å². The van der Waals surface area contributed by atoms with Crippen molar-refractivity contribution in [1.29, 1.82) is 0 Å². The van der Waals surface area contributed by atoms with Gasteiger partial charge in [0, 0.05) is 5.25 Å². The topological polar surface area (TPSA) is 0 Å². The molecule has 0 aliphatic rings. The molecule has 1 unspecified atom stereocenters. The van der Waals surface area contributed by atoms with Crippen LogP contribution in [0.25, 0.3) is 0 Å². The highest BCUT2D eigenvalue weighted by Crippen LogP contribution is 2.30. The first-order chi connectivity index (χ1) is 7.52. The molecule has 0 aromatic carbocycles. The lowest BCUT2D eigenvalue weighted by atomic mass is 9.87. The summed E-state index contributed by atoms with van der Waals surface area (Å²) < 4.78 is 0. The van der Waals surface area contributed by atoms with E-state index in [1.165, 1.54) is 17.1 Å². The molecule has 2 heteroatoms. The first kappa shape index (κ1) is 17.4. The van der Waals surface area contributed by atoms with Crippen LogP contribution in [-0.4, -0.2) is 16.8 Å². The highest BCUT2D eigenvalue weighted by Gasteiger charge is 2.21. The Morgan fingerprint density at radius 2 is 1.71 bits per heavy atom. The Morgan fingerprint density at radius 3 is 2.12 bits per heavy atom. The molecule has 0 aromatic heterocycles. The van der Waals surface area contributed by atoms with E-state index < -0.39 is 0 Å². The number of thioether (sulfide) groups is 1. The summed E-state index contributed by atoms with van der Waals surface area (Å²) in [5.41, 5.74) is 2.05. The summed E-state index contributed by atoms with van der Waals surface area (Å²) >= 11 is 6.71. The number of rotatable bonds is 6. The van der Waals surface area contributed by atoms with Crippen LogP contribution < -0.4 is 0 Å². The van der Waals surface area contributed by atoms with Crippen LogP contribution in [0, 0.1) is 10.8 Å². The fourth-order valence-electron chi connectivity index (χ4n) is 1.28. The normalized spacial score (nSPS) is 14.8. The molecule has 0 N–H and O–H groups in total. The van der Waals surface area contributed by atoms with Crippen molar-refractivity contribution in [3.05, 3.63) is 12.2 Å². The van der Waals surface area contributed by atoms with Crippen molar-refractivity contribution in [2.75, 3.05) is 11.5 Å². The molecule has 0 fully saturated rings. The molecule has 0 spiro atoms. The van der Waals surface area contributed by atoms with Crippen LogP contribution >= 0.6 is 24.4 Å². The molecule has 0 heterocycles. The van der Waals surface area contributed by atoms with Crippen LogP contribution in [0.1, 0.15) is 54.4 Å². The molecule has 102 valence electrons. The zero-order valence-corrected chi connectivity index (χ0v) is 14.2. The molecule has 0 saturated carbocycles. The molecular formula is C15H30S2. The minimum atomic E-state index is 0.268. The van der Waals surface area contributed by atoms with Gasteiger partial charge in [0.2, 0.25) is 0 Å². The van der Waals surface area contributed by atoms with Gasteiger partial charge < -0.3 is 0 Å². The van der Waals surface area contributed by atoms with Crippen LogP contribution in [0.2, 0.25) is 0 Å². The summed E-state index contributed by atoms with van der Waals surface area (Å²) in [5, 5.41) is 0.419. The molecule has 0 aliphatic heterocycles. The molecule has 17 heavy (non-hydrogen) atoms. The van der Waals surface area contributed by atoms with Crippen molar-refractivity contribution in [3.63, 3.8) is 0 Å². The van der Waals surface area contributed by atoms with Gasteiger partial charge in [-0.1, -0.05) is 53.7 Å². The molecule has 0 saturated heterocycles. The number of hydrogen-bond acceptors (Lipinski definition) is 2. The number of thiol groups is 1. The molecule has 0 bridgehead atoms. The average molecular weight is 275 g/mol. The van der Waals surface area contributed by atoms with Gasteiger partial charge in [-0.25, -0.2) is 0 Å². The predicted molar refractivity (Wildman–Crippen MR) is 87.4 cm³/mol. The zero-order valence-electron chi connectivity index (χ0n) is 12.5. The Labute approximate surface area is 118 Å². The van der Waals surface area contributed by atoms with Crippen molar-refractivity contribution >= 4 is 24.4 Å². The fourth-order valence-corrected chi connectivity index (χ4v) is 2.72. The Balaban J connectivity index is 3.75. The van der Waals surface area contributed by atoms with Crippen molar-refractivity contribution in [2.24, 2.45) is 10.8 Å². The van der Waals surface area contributed by atoms with Gasteiger partial charge in [0.05, 0.1) is 0 Å². The second kappa shape index (κ2) is 7.13. The van der Waals surface area contributed by atoms with Gasteiger partial charge in [-0.3, -0.25) is 0 Å². The van der Waals surface area contributed by atoms with E-state index in [-0.39, 0.29) is 5.41 Å². The second-order valence-electron chi connectivity index (χ2n) is 7.20. The van der Waals surface area contributed by atoms with Crippen LogP contribution in [0.4, 0.5) is 0 Å². The van der Waals surface area contributed by atoms with Gasteiger partial charge >= 0.3 is 0 Å². The van der Waals surface area contributed by atoms with Crippen LogP contribution in [0.5, 0.6) is 0 Å². The molecule has 0 radical (unpaired) electrons. The monoisotopic (exact) mass is 274 g/mol. The van der Waals surface area contributed by atoms with E-state index >= 15 is 0 Å². The van der Waals surface area contributed by atoms with E-state index in [4.69, 9.17) is 0 Å². The van der Waals surface area contributed by atoms with E-state index in [0.717, 1.165) is 12.8 Å². The molecule has 1 atom stereocenters. The van der Waals surface area contributed by atoms with Gasteiger partial charge in [0.25, 0.3) is 0 Å². The zero-order chi connectivity index (χ0) is 13.7. The molecule has 0 aromatic rings. The minimum absolute atomic E-state index is 0.268. The molecular weight excluding hydrogens is 244 g/mol. The largest absolute Gasteiger partial charge is 0.175 e. The van der Waals surface area contributed by atoms with E-state index in [1.807, 2.05) is 11.8 Å². The predicted octanol–water partition coefficient (Wildman–Crippen LogP) is 5.45. The smallest absolute Gasteiger partial charge is 0.0102 e. The lowest BCUT2D eigenvalue weighted by Crippen LogP contribution is -2.21. The SMILES string of the molecule is C=C(CCSCC(C)(C)C)CC(S)C(C)(C)C. The second-order valence-corrected chi connectivity index (χ2v) is 8.93. The highest BCUT2D eigenvalue weighted by molar-refractivity contribution is 7.99. The molecule has 0 nitrogen and oxygen atoms in total. The van der Waals surface area contributed by atoms with Crippen molar-refractivity contribution in [2.45, 2.75) is 59.6 Å². The summed E-state index contributed by atoms with van der Waals surface area (Å²) in [5.74, 6) is 2.42. The average Bonchev–Trinajstić information content (AvgIpc) is 2.09. The van der Waals surface area contributed by atoms with Gasteiger partial charge in [-0.2, -0.15) is 24.4 Å². The number of allylic oxidation sites excluding steroid dienone is 1. The molecule has 0 rings (SSSR count). The molecule has 0 amide bonds. The summed E-state index contributed by atoms with van der Waals surface area (Å²) in [6.07, 6.45) is 2.18. The quantitative estimate of drug-likeness (QED) is 0.382. The van der Waals surface area contributed by atoms with Gasteiger partial charge in [-0.05, 0) is 35.2 Å². The maximum absolute atomic E-state index is 4.67. The Morgan fingerprint density at radius 1 is 1.18 bits per heavy atom. The van der Waals surface area contributed by atoms with Gasteiger partial charge in [0.15, 0.2) is 0 Å². The highest BCUT2D eigenvalue weighted by atomic mass is 32.2. The van der Waals surface area contributed by atoms with Crippen molar-refractivity contribution in [3.8, 4) is 0 Å². The number of hydrogen-bond donors (Lipinski definition) is 1. The lowest BCUT2D eigenvalue weighted by molar-refractivity contribution is 0.392. The summed E-state index contributed by atoms with van der Waals surface area (Å²) in [7, 11) is 0. The van der Waals surface area contributed by atoms with E-state index in [0.29, 0.717) is 10.7 Å². The van der Waals surface area contributed by atoms with Crippen molar-refractivity contribution in [1.82, 2.24) is 0 Å². The van der Waals surface area contributed by atoms with Gasteiger partial charge in [0.1, 0.15) is 0 Å². The van der Waals surface area contributed by atoms with E-state index in [9.17, 15) is 0 Å². The Bertz CT molecular complexity index is 230. The molecule has 0 aliphatic carbocycles. The third kappa shape index (κ3) is 10.1. The minimum Gasteiger partial charge on any atom is -0.175 e. The first-order valence-corrected chi connectivity index (χ1v) is 8.12. The third-order valence-electron chi connectivity index (χ3n) is 2.62. The third-order valence-corrected chi connectivity index (χ3v) is 5.14. The first-order valence-electron chi connectivity index (χ1n) is 6.45. The van der Waals surface area contributed by atoms with Crippen molar-refractivity contribution < 1.29 is 0 Å². The summed E-state index contributed by atoms with van der Waals surface area (Å²) in [6, 6.07) is 0. The lowest BCUT2D eigenvalue weighted by Gasteiger charge is -2.27.